The molecule has 2 fully saturated rings. The van der Waals surface area contributed by atoms with Gasteiger partial charge in [0.25, 0.3) is 0 Å². The van der Waals surface area contributed by atoms with Crippen LogP contribution in [0.15, 0.2) is 37.0 Å². The van der Waals surface area contributed by atoms with Crippen LogP contribution >= 0.6 is 12.4 Å². The summed E-state index contributed by atoms with van der Waals surface area (Å²) in [5.41, 5.74) is 7.34. The minimum Gasteiger partial charge on any atom is -0.472 e. The summed E-state index contributed by atoms with van der Waals surface area (Å²) in [6.07, 6.45) is 8.71. The minimum atomic E-state index is -0.703. The Hall–Kier alpha value is -2.64. The number of aromatic nitrogens is 1. The van der Waals surface area contributed by atoms with E-state index in [0.717, 1.165) is 42.0 Å². The van der Waals surface area contributed by atoms with Crippen LogP contribution in [-0.4, -0.2) is 53.6 Å². The van der Waals surface area contributed by atoms with Gasteiger partial charge in [0.1, 0.15) is 12.1 Å². The summed E-state index contributed by atoms with van der Waals surface area (Å²) in [6.45, 7) is 4.10. The van der Waals surface area contributed by atoms with E-state index in [-0.39, 0.29) is 36.9 Å². The summed E-state index contributed by atoms with van der Waals surface area (Å²) >= 11 is 0. The second-order valence-electron chi connectivity index (χ2n) is 8.73. The van der Waals surface area contributed by atoms with Gasteiger partial charge in [0.05, 0.1) is 19.7 Å². The Morgan fingerprint density at radius 1 is 1.24 bits per heavy atom. The van der Waals surface area contributed by atoms with Gasteiger partial charge in [-0.1, -0.05) is 44.1 Å². The fourth-order valence-corrected chi connectivity index (χ4v) is 4.91. The molecule has 1 aliphatic carbocycles. The normalized spacial score (nSPS) is 21.8. The molecule has 1 amide bonds. The number of benzene rings is 1. The number of nitrogens with two attached hydrogens (primary N) is 1. The number of halogens is 1. The molecule has 2 heterocycles. The molecule has 0 unspecified atom stereocenters. The Balaban J connectivity index is 0.00000306. The summed E-state index contributed by atoms with van der Waals surface area (Å²) < 4.78 is 11.2. The summed E-state index contributed by atoms with van der Waals surface area (Å²) in [5, 5.41) is 1.86. The summed E-state index contributed by atoms with van der Waals surface area (Å²) in [6, 6.07) is 6.55. The first-order chi connectivity index (χ1) is 15.5. The van der Waals surface area contributed by atoms with Gasteiger partial charge in [-0.3, -0.25) is 4.79 Å². The van der Waals surface area contributed by atoms with E-state index in [2.05, 4.69) is 11.6 Å². The first-order valence-corrected chi connectivity index (χ1v) is 11.3. The molecule has 3 atom stereocenters. The largest absolute Gasteiger partial charge is 0.472 e. The number of likely N-dealkylation sites (tertiary alicyclic amines) is 1. The molecule has 1 aromatic carbocycles. The zero-order valence-corrected chi connectivity index (χ0v) is 19.8. The van der Waals surface area contributed by atoms with E-state index in [4.69, 9.17) is 15.2 Å². The third-order valence-electron chi connectivity index (χ3n) is 6.73. The molecule has 4 rings (SSSR count). The summed E-state index contributed by atoms with van der Waals surface area (Å²) in [7, 11) is 1.34. The zero-order chi connectivity index (χ0) is 22.7. The van der Waals surface area contributed by atoms with Gasteiger partial charge in [-0.2, -0.15) is 0 Å². The molecular formula is C25H32ClN3O4. The van der Waals surface area contributed by atoms with Gasteiger partial charge >= 0.3 is 5.97 Å². The Morgan fingerprint density at radius 2 is 2.00 bits per heavy atom. The number of ether oxygens (including phenoxy) is 2. The number of amides is 1. The van der Waals surface area contributed by atoms with E-state index in [1.54, 1.807) is 17.2 Å². The average Bonchev–Trinajstić information content (AvgIpc) is 3.26. The third-order valence-corrected chi connectivity index (χ3v) is 6.73. The second-order valence-corrected chi connectivity index (χ2v) is 8.73. The van der Waals surface area contributed by atoms with Crippen molar-refractivity contribution in [3.8, 4) is 5.88 Å². The number of hydrogen-bond acceptors (Lipinski definition) is 6. The van der Waals surface area contributed by atoms with Crippen molar-refractivity contribution in [2.75, 3.05) is 13.7 Å². The molecule has 8 heteroatoms. The van der Waals surface area contributed by atoms with Crippen LogP contribution in [0.3, 0.4) is 0 Å². The first kappa shape index (κ1) is 25.0. The van der Waals surface area contributed by atoms with Crippen LogP contribution in [0.1, 0.15) is 44.1 Å². The SMILES string of the molecule is C=Cc1ccc2ccnc(O[C@@H]3C[C@@H](C(=O)OC)N(C(=O)[C@@H](N)C4CCCCC4)C3)c2c1.Cl. The molecule has 1 saturated heterocycles. The Labute approximate surface area is 200 Å². The van der Waals surface area contributed by atoms with Crippen LogP contribution in [0.2, 0.25) is 0 Å². The minimum absolute atomic E-state index is 0. The lowest BCUT2D eigenvalue weighted by Crippen LogP contribution is -2.52. The molecule has 2 aromatic rings. The summed E-state index contributed by atoms with van der Waals surface area (Å²) in [4.78, 5) is 31.7. The number of methoxy groups -OCH3 is 1. The van der Waals surface area contributed by atoms with E-state index < -0.39 is 18.1 Å². The number of hydrogen-bond donors (Lipinski definition) is 1. The maximum atomic E-state index is 13.3. The highest BCUT2D eigenvalue weighted by atomic mass is 35.5. The molecule has 178 valence electrons. The van der Waals surface area contributed by atoms with Gasteiger partial charge < -0.3 is 20.1 Å². The Kier molecular flexibility index (Phi) is 8.32. The summed E-state index contributed by atoms with van der Waals surface area (Å²) in [5.74, 6) is -0.00407. The Morgan fingerprint density at radius 3 is 2.70 bits per heavy atom. The molecule has 0 spiro atoms. The lowest BCUT2D eigenvalue weighted by molar-refractivity contribution is -0.151. The van der Waals surface area contributed by atoms with E-state index >= 15 is 0 Å². The lowest BCUT2D eigenvalue weighted by atomic mass is 9.83. The molecule has 7 nitrogen and oxygen atoms in total. The van der Waals surface area contributed by atoms with Crippen LogP contribution in [0, 0.1) is 5.92 Å². The molecule has 1 aromatic heterocycles. The highest BCUT2D eigenvalue weighted by molar-refractivity contribution is 5.89. The number of pyridine rings is 1. The van der Waals surface area contributed by atoms with Crippen molar-refractivity contribution in [2.24, 2.45) is 11.7 Å². The monoisotopic (exact) mass is 473 g/mol. The van der Waals surface area contributed by atoms with E-state index in [0.29, 0.717) is 12.3 Å². The van der Waals surface area contributed by atoms with Crippen molar-refractivity contribution in [1.82, 2.24) is 9.88 Å². The number of rotatable bonds is 6. The quantitative estimate of drug-likeness (QED) is 0.642. The number of fused-ring (bicyclic) bond motifs is 1. The van der Waals surface area contributed by atoms with E-state index in [9.17, 15) is 9.59 Å². The van der Waals surface area contributed by atoms with Crippen molar-refractivity contribution in [3.05, 3.63) is 42.6 Å². The zero-order valence-electron chi connectivity index (χ0n) is 18.9. The van der Waals surface area contributed by atoms with Gasteiger partial charge in [0, 0.05) is 18.0 Å². The van der Waals surface area contributed by atoms with E-state index in [1.165, 1.54) is 13.5 Å². The van der Waals surface area contributed by atoms with E-state index in [1.807, 2.05) is 24.3 Å². The van der Waals surface area contributed by atoms with Crippen LogP contribution in [0.4, 0.5) is 0 Å². The predicted molar refractivity (Wildman–Crippen MR) is 130 cm³/mol. The van der Waals surface area contributed by atoms with Gasteiger partial charge in [0.2, 0.25) is 11.8 Å². The first-order valence-electron chi connectivity index (χ1n) is 11.3. The highest BCUT2D eigenvalue weighted by Crippen LogP contribution is 2.31. The Bertz CT molecular complexity index is 1010. The predicted octanol–water partition coefficient (Wildman–Crippen LogP) is 3.73. The number of carbonyl (C=O) groups excluding carboxylic acids is 2. The smallest absolute Gasteiger partial charge is 0.328 e. The van der Waals surface area contributed by atoms with Gasteiger partial charge in [-0.25, -0.2) is 9.78 Å². The molecule has 2 N–H and O–H groups in total. The average molecular weight is 474 g/mol. The maximum Gasteiger partial charge on any atom is 0.328 e. The molecule has 2 aliphatic rings. The fraction of sp³-hybridized carbons (Fsp3) is 0.480. The molecule has 1 saturated carbocycles. The third kappa shape index (κ3) is 5.31. The van der Waals surface area contributed by atoms with Gasteiger partial charge in [0.15, 0.2) is 0 Å². The van der Waals surface area contributed by atoms with Crippen molar-refractivity contribution < 1.29 is 19.1 Å². The van der Waals surface area contributed by atoms with Crippen molar-refractivity contribution in [2.45, 2.75) is 56.7 Å². The fourth-order valence-electron chi connectivity index (χ4n) is 4.91. The molecule has 33 heavy (non-hydrogen) atoms. The molecular weight excluding hydrogens is 442 g/mol. The van der Waals surface area contributed by atoms with Crippen LogP contribution in [-0.2, 0) is 14.3 Å². The topological polar surface area (TPSA) is 94.8 Å². The molecule has 0 radical (unpaired) electrons. The number of nitrogens with zero attached hydrogens (tertiary/aromatic N) is 2. The van der Waals surface area contributed by atoms with Crippen molar-refractivity contribution >= 4 is 41.1 Å². The number of esters is 1. The van der Waals surface area contributed by atoms with Gasteiger partial charge in [-0.15, -0.1) is 12.4 Å². The van der Waals surface area contributed by atoms with Crippen molar-refractivity contribution in [1.29, 1.82) is 0 Å². The highest BCUT2D eigenvalue weighted by Gasteiger charge is 2.44. The second kappa shape index (κ2) is 11.0. The number of carbonyl (C=O) groups is 2. The van der Waals surface area contributed by atoms with Crippen LogP contribution in [0.25, 0.3) is 16.8 Å². The molecule has 1 aliphatic heterocycles. The molecule has 0 bridgehead atoms. The van der Waals surface area contributed by atoms with Crippen molar-refractivity contribution in [3.63, 3.8) is 0 Å². The standard InChI is InChI=1S/C25H31N3O4.ClH/c1-3-16-9-10-17-11-12-27-23(20(17)13-16)32-19-14-21(25(30)31-2)28(15-19)24(29)22(26)18-7-5-4-6-8-18;/h3,9-13,18-19,21-22H,1,4-8,14-15,26H2,2H3;1H/t19-,21+,22+;/m1./s1. The maximum absolute atomic E-state index is 13.3. The van der Waals surface area contributed by atoms with Crippen LogP contribution < -0.4 is 10.5 Å². The lowest BCUT2D eigenvalue weighted by Gasteiger charge is -2.31. The van der Waals surface area contributed by atoms with Crippen LogP contribution in [0.5, 0.6) is 5.88 Å². The van der Waals surface area contributed by atoms with Gasteiger partial charge in [-0.05, 0) is 41.8 Å².